The minimum absolute atomic E-state index is 0.206. The fraction of sp³-hybridized carbons (Fsp3) is 0.350. The van der Waals surface area contributed by atoms with Crippen LogP contribution in [0.4, 0.5) is 10.1 Å². The predicted molar refractivity (Wildman–Crippen MR) is 96.1 cm³/mol. The number of benzene rings is 2. The summed E-state index contributed by atoms with van der Waals surface area (Å²) in [4.78, 5) is 14.7. The molecule has 4 nitrogen and oxygen atoms in total. The van der Waals surface area contributed by atoms with Crippen molar-refractivity contribution in [2.24, 2.45) is 0 Å². The van der Waals surface area contributed by atoms with Crippen LogP contribution in [-0.2, 0) is 6.54 Å². The summed E-state index contributed by atoms with van der Waals surface area (Å²) >= 11 is 0. The van der Waals surface area contributed by atoms with Gasteiger partial charge in [0.2, 0.25) is 0 Å². The average molecular weight is 342 g/mol. The average Bonchev–Trinajstić information content (AvgIpc) is 2.58. The number of aliphatic hydroxyl groups excluding tert-OH is 1. The molecule has 0 atom stereocenters. The van der Waals surface area contributed by atoms with E-state index in [9.17, 15) is 14.3 Å². The molecule has 1 heterocycles. The summed E-state index contributed by atoms with van der Waals surface area (Å²) in [6.45, 7) is 4.16. The lowest BCUT2D eigenvalue weighted by Gasteiger charge is -2.30. The third kappa shape index (κ3) is 4.65. The quantitative estimate of drug-likeness (QED) is 0.896. The Labute approximate surface area is 147 Å². The number of anilines is 1. The van der Waals surface area contributed by atoms with Crippen molar-refractivity contribution < 1.29 is 14.3 Å². The number of aliphatic hydroxyl groups is 1. The van der Waals surface area contributed by atoms with Gasteiger partial charge in [-0.2, -0.15) is 0 Å². The molecule has 0 radical (unpaired) electrons. The molecular formula is C20H23FN2O2. The molecule has 1 amide bonds. The first-order valence-electron chi connectivity index (χ1n) is 8.58. The number of carbonyl (C=O) groups excluding carboxylic acids is 1. The van der Waals surface area contributed by atoms with Crippen LogP contribution in [0, 0.1) is 12.7 Å². The van der Waals surface area contributed by atoms with Crippen LogP contribution in [0.25, 0.3) is 0 Å². The first-order chi connectivity index (χ1) is 12.0. The van der Waals surface area contributed by atoms with Crippen molar-refractivity contribution in [3.05, 3.63) is 65.0 Å². The van der Waals surface area contributed by atoms with E-state index in [4.69, 9.17) is 0 Å². The maximum absolute atomic E-state index is 13.5. The summed E-state index contributed by atoms with van der Waals surface area (Å²) in [5.74, 6) is -0.727. The van der Waals surface area contributed by atoms with Crippen molar-refractivity contribution in [2.45, 2.75) is 32.4 Å². The highest BCUT2D eigenvalue weighted by Gasteiger charge is 2.18. The number of para-hydroxylation sites is 1. The van der Waals surface area contributed by atoms with E-state index < -0.39 is 5.82 Å². The molecule has 2 N–H and O–H groups in total. The topological polar surface area (TPSA) is 52.6 Å². The molecule has 1 aliphatic rings. The number of hydrogen-bond acceptors (Lipinski definition) is 3. The van der Waals surface area contributed by atoms with Crippen LogP contribution in [-0.4, -0.2) is 35.1 Å². The molecule has 0 saturated carbocycles. The van der Waals surface area contributed by atoms with Gasteiger partial charge in [-0.15, -0.1) is 0 Å². The Morgan fingerprint density at radius 1 is 1.24 bits per heavy atom. The largest absolute Gasteiger partial charge is 0.393 e. The highest BCUT2D eigenvalue weighted by molar-refractivity contribution is 6.04. The first kappa shape index (κ1) is 17.6. The number of piperidine rings is 1. The number of nitrogens with one attached hydrogen (secondary N) is 1. The van der Waals surface area contributed by atoms with Crippen molar-refractivity contribution in [3.8, 4) is 0 Å². The standard InChI is InChI=1S/C20H23FN2O2/c1-14-10-16(12-17(21)11-14)20(25)22-19-5-3-2-4-15(19)13-23-8-6-18(24)7-9-23/h2-5,10-12,18,24H,6-9,13H2,1H3,(H,22,25). The summed E-state index contributed by atoms with van der Waals surface area (Å²) in [6, 6.07) is 12.0. The number of halogens is 1. The molecule has 1 saturated heterocycles. The Hall–Kier alpha value is -2.24. The minimum Gasteiger partial charge on any atom is -0.393 e. The number of aryl methyl sites for hydroxylation is 1. The zero-order valence-electron chi connectivity index (χ0n) is 14.3. The molecule has 0 aromatic heterocycles. The molecule has 3 rings (SSSR count). The molecule has 132 valence electrons. The van der Waals surface area contributed by atoms with E-state index in [2.05, 4.69) is 10.2 Å². The van der Waals surface area contributed by atoms with Gasteiger partial charge in [0.25, 0.3) is 5.91 Å². The molecule has 1 fully saturated rings. The van der Waals surface area contributed by atoms with Crippen LogP contribution in [0.2, 0.25) is 0 Å². The molecule has 0 aliphatic carbocycles. The molecule has 1 aliphatic heterocycles. The van der Waals surface area contributed by atoms with Gasteiger partial charge in [0, 0.05) is 30.9 Å². The van der Waals surface area contributed by atoms with E-state index in [-0.39, 0.29) is 12.0 Å². The summed E-state index contributed by atoms with van der Waals surface area (Å²) < 4.78 is 13.5. The number of hydrogen-bond donors (Lipinski definition) is 2. The lowest BCUT2D eigenvalue weighted by atomic mass is 10.1. The van der Waals surface area contributed by atoms with Gasteiger partial charge in [-0.25, -0.2) is 4.39 Å². The Morgan fingerprint density at radius 2 is 1.96 bits per heavy atom. The highest BCUT2D eigenvalue weighted by atomic mass is 19.1. The van der Waals surface area contributed by atoms with Gasteiger partial charge >= 0.3 is 0 Å². The van der Waals surface area contributed by atoms with Crippen molar-refractivity contribution in [1.29, 1.82) is 0 Å². The van der Waals surface area contributed by atoms with Crippen molar-refractivity contribution in [3.63, 3.8) is 0 Å². The number of likely N-dealkylation sites (tertiary alicyclic amines) is 1. The molecule has 5 heteroatoms. The second kappa shape index (κ2) is 7.76. The maximum atomic E-state index is 13.5. The third-order valence-electron chi connectivity index (χ3n) is 4.52. The van der Waals surface area contributed by atoms with Gasteiger partial charge in [-0.05, 0) is 55.2 Å². The van der Waals surface area contributed by atoms with Crippen LogP contribution in [0.15, 0.2) is 42.5 Å². The monoisotopic (exact) mass is 342 g/mol. The van der Waals surface area contributed by atoms with Gasteiger partial charge in [-0.3, -0.25) is 9.69 Å². The van der Waals surface area contributed by atoms with Crippen LogP contribution >= 0.6 is 0 Å². The highest BCUT2D eigenvalue weighted by Crippen LogP contribution is 2.21. The van der Waals surface area contributed by atoms with E-state index >= 15 is 0 Å². The van der Waals surface area contributed by atoms with Gasteiger partial charge in [0.1, 0.15) is 5.82 Å². The first-order valence-corrected chi connectivity index (χ1v) is 8.58. The molecule has 0 bridgehead atoms. The lowest BCUT2D eigenvalue weighted by molar-refractivity contribution is 0.0793. The van der Waals surface area contributed by atoms with Gasteiger partial charge in [0.15, 0.2) is 0 Å². The molecule has 2 aromatic carbocycles. The number of carbonyl (C=O) groups is 1. The normalized spacial score (nSPS) is 16.0. The van der Waals surface area contributed by atoms with Crippen LogP contribution in [0.3, 0.4) is 0 Å². The molecular weight excluding hydrogens is 319 g/mol. The summed E-state index contributed by atoms with van der Waals surface area (Å²) in [5, 5.41) is 12.5. The lowest BCUT2D eigenvalue weighted by Crippen LogP contribution is -2.35. The second-order valence-corrected chi connectivity index (χ2v) is 6.64. The molecule has 0 unspecified atom stereocenters. The van der Waals surface area contributed by atoms with E-state index in [1.165, 1.54) is 12.1 Å². The van der Waals surface area contributed by atoms with Gasteiger partial charge in [0.05, 0.1) is 6.10 Å². The summed E-state index contributed by atoms with van der Waals surface area (Å²) in [6.07, 6.45) is 1.34. The van der Waals surface area contributed by atoms with Crippen molar-refractivity contribution >= 4 is 11.6 Å². The van der Waals surface area contributed by atoms with Crippen molar-refractivity contribution in [2.75, 3.05) is 18.4 Å². The molecule has 25 heavy (non-hydrogen) atoms. The maximum Gasteiger partial charge on any atom is 0.255 e. The molecule has 2 aromatic rings. The Balaban J connectivity index is 1.73. The number of rotatable bonds is 4. The third-order valence-corrected chi connectivity index (χ3v) is 4.52. The van der Waals surface area contributed by atoms with E-state index in [0.717, 1.165) is 37.2 Å². The molecule has 0 spiro atoms. The van der Waals surface area contributed by atoms with Crippen LogP contribution in [0.1, 0.15) is 34.3 Å². The second-order valence-electron chi connectivity index (χ2n) is 6.64. The Morgan fingerprint density at radius 3 is 2.68 bits per heavy atom. The zero-order valence-corrected chi connectivity index (χ0v) is 14.3. The zero-order chi connectivity index (χ0) is 17.8. The fourth-order valence-electron chi connectivity index (χ4n) is 3.16. The number of nitrogens with zero attached hydrogens (tertiary/aromatic N) is 1. The Bertz CT molecular complexity index is 735. The Kier molecular flexibility index (Phi) is 5.46. The minimum atomic E-state index is -0.412. The van der Waals surface area contributed by atoms with E-state index in [1.807, 2.05) is 24.3 Å². The van der Waals surface area contributed by atoms with Crippen molar-refractivity contribution in [1.82, 2.24) is 4.90 Å². The summed E-state index contributed by atoms with van der Waals surface area (Å²) in [7, 11) is 0. The fourth-order valence-corrected chi connectivity index (χ4v) is 3.16. The van der Waals surface area contributed by atoms with Crippen LogP contribution in [0.5, 0.6) is 0 Å². The van der Waals surface area contributed by atoms with Gasteiger partial charge in [-0.1, -0.05) is 18.2 Å². The number of amides is 1. The summed E-state index contributed by atoms with van der Waals surface area (Å²) in [5.41, 5.74) is 2.78. The van der Waals surface area contributed by atoms with E-state index in [0.29, 0.717) is 17.7 Å². The van der Waals surface area contributed by atoms with Gasteiger partial charge < -0.3 is 10.4 Å². The smallest absolute Gasteiger partial charge is 0.255 e. The van der Waals surface area contributed by atoms with E-state index in [1.54, 1.807) is 13.0 Å². The van der Waals surface area contributed by atoms with Crippen LogP contribution < -0.4 is 5.32 Å². The SMILES string of the molecule is Cc1cc(F)cc(C(=O)Nc2ccccc2CN2CCC(O)CC2)c1. The predicted octanol–water partition coefficient (Wildman–Crippen LogP) is 3.34.